The van der Waals surface area contributed by atoms with Gasteiger partial charge in [-0.15, -0.1) is 0 Å². The SMILES string of the molecule is CCOc1ccccc1NC(=O)C(C)Sc1nccc(C(F)(F)F)n1. The van der Waals surface area contributed by atoms with Gasteiger partial charge in [-0.05, 0) is 32.0 Å². The minimum Gasteiger partial charge on any atom is -0.492 e. The monoisotopic (exact) mass is 371 g/mol. The Morgan fingerprint density at radius 1 is 1.32 bits per heavy atom. The number of nitrogens with one attached hydrogen (secondary N) is 1. The second-order valence-corrected chi connectivity index (χ2v) is 6.21. The van der Waals surface area contributed by atoms with Gasteiger partial charge in [-0.2, -0.15) is 13.2 Å². The molecule has 9 heteroatoms. The maximum absolute atomic E-state index is 12.7. The van der Waals surface area contributed by atoms with E-state index in [1.165, 1.54) is 0 Å². The maximum atomic E-state index is 12.7. The second kappa shape index (κ2) is 8.19. The molecule has 0 spiro atoms. The van der Waals surface area contributed by atoms with E-state index >= 15 is 0 Å². The average Bonchev–Trinajstić information content (AvgIpc) is 2.56. The summed E-state index contributed by atoms with van der Waals surface area (Å²) in [5, 5.41) is 1.89. The van der Waals surface area contributed by atoms with Gasteiger partial charge in [0.05, 0.1) is 17.5 Å². The van der Waals surface area contributed by atoms with Crippen molar-refractivity contribution in [3.8, 4) is 5.75 Å². The number of anilines is 1. The van der Waals surface area contributed by atoms with Crippen molar-refractivity contribution in [1.29, 1.82) is 0 Å². The molecule has 1 heterocycles. The number of ether oxygens (including phenoxy) is 1. The Morgan fingerprint density at radius 2 is 2.04 bits per heavy atom. The van der Waals surface area contributed by atoms with Gasteiger partial charge >= 0.3 is 6.18 Å². The van der Waals surface area contributed by atoms with Gasteiger partial charge in [0.1, 0.15) is 11.4 Å². The van der Waals surface area contributed by atoms with Crippen LogP contribution >= 0.6 is 11.8 Å². The van der Waals surface area contributed by atoms with Gasteiger partial charge in [0.2, 0.25) is 5.91 Å². The molecular weight excluding hydrogens is 355 g/mol. The Balaban J connectivity index is 2.06. The Kier molecular flexibility index (Phi) is 6.24. The third-order valence-corrected chi connectivity index (χ3v) is 4.00. The van der Waals surface area contributed by atoms with Crippen molar-refractivity contribution in [3.63, 3.8) is 0 Å². The molecule has 2 aromatic rings. The van der Waals surface area contributed by atoms with E-state index in [1.807, 2.05) is 6.92 Å². The number of hydrogen-bond acceptors (Lipinski definition) is 5. The molecule has 0 radical (unpaired) electrons. The van der Waals surface area contributed by atoms with Crippen LogP contribution in [0.4, 0.5) is 18.9 Å². The third-order valence-electron chi connectivity index (χ3n) is 3.02. The van der Waals surface area contributed by atoms with Crippen LogP contribution in [0.25, 0.3) is 0 Å². The second-order valence-electron chi connectivity index (χ2n) is 4.90. The fourth-order valence-corrected chi connectivity index (χ4v) is 2.61. The van der Waals surface area contributed by atoms with Gasteiger partial charge in [0.25, 0.3) is 0 Å². The molecule has 1 aromatic heterocycles. The summed E-state index contributed by atoms with van der Waals surface area (Å²) in [6.45, 7) is 3.82. The lowest BCUT2D eigenvalue weighted by molar-refractivity contribution is -0.141. The average molecular weight is 371 g/mol. The largest absolute Gasteiger partial charge is 0.492 e. The van der Waals surface area contributed by atoms with E-state index in [-0.39, 0.29) is 5.16 Å². The van der Waals surface area contributed by atoms with Crippen molar-refractivity contribution in [1.82, 2.24) is 9.97 Å². The molecule has 25 heavy (non-hydrogen) atoms. The predicted molar refractivity (Wildman–Crippen MR) is 88.6 cm³/mol. The third kappa shape index (κ3) is 5.35. The number of aromatic nitrogens is 2. The molecule has 1 amide bonds. The van der Waals surface area contributed by atoms with Crippen molar-refractivity contribution >= 4 is 23.4 Å². The summed E-state index contributed by atoms with van der Waals surface area (Å²) >= 11 is 0.845. The van der Waals surface area contributed by atoms with Crippen molar-refractivity contribution in [2.75, 3.05) is 11.9 Å². The lowest BCUT2D eigenvalue weighted by Crippen LogP contribution is -2.23. The first-order valence-corrected chi connectivity index (χ1v) is 8.28. The molecule has 0 aliphatic carbocycles. The summed E-state index contributed by atoms with van der Waals surface area (Å²) in [5.41, 5.74) is -0.550. The number of carbonyl (C=O) groups is 1. The van der Waals surface area contributed by atoms with Crippen molar-refractivity contribution in [3.05, 3.63) is 42.2 Å². The highest BCUT2D eigenvalue weighted by Gasteiger charge is 2.33. The fraction of sp³-hybridized carbons (Fsp3) is 0.312. The van der Waals surface area contributed by atoms with Gasteiger partial charge in [-0.3, -0.25) is 4.79 Å². The predicted octanol–water partition coefficient (Wildman–Crippen LogP) is 4.01. The molecule has 0 fully saturated rings. The van der Waals surface area contributed by atoms with Crippen molar-refractivity contribution < 1.29 is 22.7 Å². The first-order chi connectivity index (χ1) is 11.8. The Hall–Kier alpha value is -2.29. The molecule has 1 atom stereocenters. The molecule has 1 N–H and O–H groups in total. The zero-order valence-corrected chi connectivity index (χ0v) is 14.3. The molecule has 5 nitrogen and oxygen atoms in total. The number of para-hydroxylation sites is 2. The highest BCUT2D eigenvalue weighted by Crippen LogP contribution is 2.30. The van der Waals surface area contributed by atoms with Crippen LogP contribution in [-0.2, 0) is 11.0 Å². The molecule has 0 aliphatic rings. The molecule has 134 valence electrons. The summed E-state index contributed by atoms with van der Waals surface area (Å²) in [6, 6.07) is 7.70. The molecular formula is C16H16F3N3O2S. The molecule has 1 aromatic carbocycles. The number of hydrogen-bond donors (Lipinski definition) is 1. The molecule has 0 saturated heterocycles. The van der Waals surface area contributed by atoms with E-state index < -0.39 is 23.0 Å². The van der Waals surface area contributed by atoms with Crippen LogP contribution in [0.3, 0.4) is 0 Å². The Bertz CT molecular complexity index is 741. The summed E-state index contributed by atoms with van der Waals surface area (Å²) in [6.07, 6.45) is -3.53. The van der Waals surface area contributed by atoms with Crippen LogP contribution in [0.1, 0.15) is 19.5 Å². The van der Waals surface area contributed by atoms with E-state index in [0.717, 1.165) is 24.0 Å². The first kappa shape index (κ1) is 19.0. The van der Waals surface area contributed by atoms with E-state index in [4.69, 9.17) is 4.74 Å². The van der Waals surface area contributed by atoms with Gasteiger partial charge < -0.3 is 10.1 Å². The highest BCUT2D eigenvalue weighted by atomic mass is 32.2. The minimum absolute atomic E-state index is 0.115. The zero-order chi connectivity index (χ0) is 18.4. The van der Waals surface area contributed by atoms with Crippen LogP contribution in [0, 0.1) is 0 Å². The summed E-state index contributed by atoms with van der Waals surface area (Å²) in [4.78, 5) is 19.5. The highest BCUT2D eigenvalue weighted by molar-refractivity contribution is 8.00. The lowest BCUT2D eigenvalue weighted by atomic mass is 10.3. The smallest absolute Gasteiger partial charge is 0.433 e. The van der Waals surface area contributed by atoms with Gasteiger partial charge in [-0.25, -0.2) is 9.97 Å². The number of nitrogens with zero attached hydrogens (tertiary/aromatic N) is 2. The van der Waals surface area contributed by atoms with E-state index in [0.29, 0.717) is 18.0 Å². The number of amides is 1. The zero-order valence-electron chi connectivity index (χ0n) is 13.5. The molecule has 2 rings (SSSR count). The van der Waals surface area contributed by atoms with E-state index in [1.54, 1.807) is 31.2 Å². The fourth-order valence-electron chi connectivity index (χ4n) is 1.85. The summed E-state index contributed by atoms with van der Waals surface area (Å²) < 4.78 is 43.4. The van der Waals surface area contributed by atoms with Crippen LogP contribution in [-0.4, -0.2) is 27.7 Å². The Labute approximate surface area is 147 Å². The summed E-state index contributed by atoms with van der Waals surface area (Å²) in [7, 11) is 0. The van der Waals surface area contributed by atoms with Crippen molar-refractivity contribution in [2.45, 2.75) is 30.4 Å². The topological polar surface area (TPSA) is 64.1 Å². The van der Waals surface area contributed by atoms with Gasteiger partial charge in [0, 0.05) is 6.20 Å². The van der Waals surface area contributed by atoms with E-state index in [2.05, 4.69) is 15.3 Å². The quantitative estimate of drug-likeness (QED) is 0.614. The normalized spacial score (nSPS) is 12.5. The standard InChI is InChI=1S/C16H16F3N3O2S/c1-3-24-12-7-5-4-6-11(12)21-14(23)10(2)25-15-20-9-8-13(22-15)16(17,18)19/h4-10H,3H2,1-2H3,(H,21,23). The number of thioether (sulfide) groups is 1. The number of halogens is 3. The van der Waals surface area contributed by atoms with Crippen LogP contribution < -0.4 is 10.1 Å². The minimum atomic E-state index is -4.56. The summed E-state index contributed by atoms with van der Waals surface area (Å²) in [5.74, 6) is 0.129. The Morgan fingerprint density at radius 3 is 2.72 bits per heavy atom. The molecule has 0 aliphatic heterocycles. The van der Waals surface area contributed by atoms with E-state index in [9.17, 15) is 18.0 Å². The van der Waals surface area contributed by atoms with Crippen LogP contribution in [0.2, 0.25) is 0 Å². The van der Waals surface area contributed by atoms with Gasteiger partial charge in [0.15, 0.2) is 5.16 Å². The number of rotatable bonds is 6. The lowest BCUT2D eigenvalue weighted by Gasteiger charge is -2.14. The van der Waals surface area contributed by atoms with Crippen LogP contribution in [0.5, 0.6) is 5.75 Å². The number of alkyl halides is 3. The number of carbonyl (C=O) groups excluding carboxylic acids is 1. The maximum Gasteiger partial charge on any atom is 0.433 e. The molecule has 0 saturated carbocycles. The van der Waals surface area contributed by atoms with Crippen LogP contribution in [0.15, 0.2) is 41.7 Å². The first-order valence-electron chi connectivity index (χ1n) is 7.41. The molecule has 0 bridgehead atoms. The van der Waals surface area contributed by atoms with Gasteiger partial charge in [-0.1, -0.05) is 23.9 Å². The molecule has 1 unspecified atom stereocenters. The number of benzene rings is 1. The van der Waals surface area contributed by atoms with Crippen molar-refractivity contribution in [2.24, 2.45) is 0 Å².